The van der Waals surface area contributed by atoms with Gasteiger partial charge < -0.3 is 11.1 Å². The number of aliphatic imine (C=N–C) groups is 1. The minimum Gasteiger partial charge on any atom is -0.370 e. The third-order valence-electron chi connectivity index (χ3n) is 0.667. The molecule has 0 aliphatic carbocycles. The van der Waals surface area contributed by atoms with Crippen LogP contribution in [0.2, 0.25) is 0 Å². The summed E-state index contributed by atoms with van der Waals surface area (Å²) in [4.78, 5) is 3.89. The summed E-state index contributed by atoms with van der Waals surface area (Å²) in [6, 6.07) is 0.0786. The molecule has 0 aromatic heterocycles. The SMILES string of the molecule is CC(C)N=C(N)NC(Cl)(Cl)Cl.Cl. The molecule has 0 rings (SSSR count). The van der Waals surface area contributed by atoms with E-state index in [4.69, 9.17) is 40.5 Å². The minimum atomic E-state index is -1.58. The number of hydrogen-bond acceptors (Lipinski definition) is 1. The first-order chi connectivity index (χ1) is 4.81. The Kier molecular flexibility index (Phi) is 7.43. The van der Waals surface area contributed by atoms with Crippen molar-refractivity contribution < 1.29 is 0 Å². The second-order valence-corrected chi connectivity index (χ2v) is 4.51. The number of halogens is 4. The van der Waals surface area contributed by atoms with Crippen molar-refractivity contribution in [2.45, 2.75) is 23.8 Å². The fourth-order valence-electron chi connectivity index (χ4n) is 0.456. The molecule has 3 N–H and O–H groups in total. The number of hydrogen-bond donors (Lipinski definition) is 2. The lowest BCUT2D eigenvalue weighted by Crippen LogP contribution is -2.40. The minimum absolute atomic E-state index is 0. The maximum absolute atomic E-state index is 5.37. The van der Waals surface area contributed by atoms with E-state index in [1.165, 1.54) is 0 Å². The van der Waals surface area contributed by atoms with Crippen LogP contribution in [-0.2, 0) is 0 Å². The van der Waals surface area contributed by atoms with Crippen LogP contribution in [-0.4, -0.2) is 15.9 Å². The summed E-state index contributed by atoms with van der Waals surface area (Å²) in [6.45, 7) is 3.74. The molecular weight excluding hydrogens is 244 g/mol. The second kappa shape index (κ2) is 5.97. The van der Waals surface area contributed by atoms with Gasteiger partial charge in [-0.3, -0.25) is 4.99 Å². The zero-order valence-corrected chi connectivity index (χ0v) is 9.73. The number of rotatable bonds is 1. The summed E-state index contributed by atoms with van der Waals surface area (Å²) in [6.07, 6.45) is 0. The molecule has 0 amide bonds. The maximum Gasteiger partial charge on any atom is 0.268 e. The monoisotopic (exact) mass is 253 g/mol. The Bertz CT molecular complexity index is 151. The van der Waals surface area contributed by atoms with E-state index in [1.54, 1.807) is 0 Å². The molecular formula is C5H11Cl4N3. The van der Waals surface area contributed by atoms with Crippen LogP contribution in [0.4, 0.5) is 0 Å². The molecule has 0 atom stereocenters. The number of nitrogens with two attached hydrogens (primary N) is 1. The molecule has 74 valence electrons. The molecule has 0 heterocycles. The highest BCUT2D eigenvalue weighted by Gasteiger charge is 2.19. The summed E-state index contributed by atoms with van der Waals surface area (Å²) in [5.41, 5.74) is 5.35. The second-order valence-electron chi connectivity index (χ2n) is 2.23. The van der Waals surface area contributed by atoms with Crippen molar-refractivity contribution in [3.8, 4) is 0 Å². The predicted molar refractivity (Wildman–Crippen MR) is 57.4 cm³/mol. The van der Waals surface area contributed by atoms with Gasteiger partial charge in [-0.05, 0) is 13.8 Å². The van der Waals surface area contributed by atoms with Gasteiger partial charge in [0.25, 0.3) is 3.92 Å². The third-order valence-corrected chi connectivity index (χ3v) is 0.951. The molecule has 0 aliphatic rings. The number of alkyl halides is 3. The molecule has 0 spiro atoms. The largest absolute Gasteiger partial charge is 0.370 e. The predicted octanol–water partition coefficient (Wildman–Crippen LogP) is 2.05. The molecule has 3 nitrogen and oxygen atoms in total. The molecule has 0 fully saturated rings. The maximum atomic E-state index is 5.37. The van der Waals surface area contributed by atoms with Gasteiger partial charge in [-0.1, -0.05) is 34.8 Å². The first-order valence-corrected chi connectivity index (χ1v) is 4.13. The van der Waals surface area contributed by atoms with Crippen molar-refractivity contribution in [1.29, 1.82) is 0 Å². The van der Waals surface area contributed by atoms with Gasteiger partial charge in [-0.2, -0.15) is 0 Å². The summed E-state index contributed by atoms with van der Waals surface area (Å²) in [5, 5.41) is 2.37. The number of guanidine groups is 1. The Labute approximate surface area is 93.0 Å². The standard InChI is InChI=1S/C5H10Cl3N3.ClH/c1-3(2)10-4(9)11-5(6,7)8;/h3H,1-2H3,(H3,9,10,11);1H. The van der Waals surface area contributed by atoms with Crippen LogP contribution in [0.5, 0.6) is 0 Å². The van der Waals surface area contributed by atoms with Gasteiger partial charge in [0.15, 0.2) is 5.96 Å². The van der Waals surface area contributed by atoms with E-state index >= 15 is 0 Å². The van der Waals surface area contributed by atoms with Crippen molar-refractivity contribution in [1.82, 2.24) is 5.32 Å². The fraction of sp³-hybridized carbons (Fsp3) is 0.800. The van der Waals surface area contributed by atoms with Crippen molar-refractivity contribution in [3.63, 3.8) is 0 Å². The van der Waals surface area contributed by atoms with Gasteiger partial charge in [0.2, 0.25) is 0 Å². The smallest absolute Gasteiger partial charge is 0.268 e. The van der Waals surface area contributed by atoms with Crippen LogP contribution >= 0.6 is 47.2 Å². The quantitative estimate of drug-likeness (QED) is 0.326. The molecule has 0 radical (unpaired) electrons. The highest BCUT2D eigenvalue weighted by Crippen LogP contribution is 2.21. The van der Waals surface area contributed by atoms with E-state index in [0.717, 1.165) is 0 Å². The highest BCUT2D eigenvalue weighted by molar-refractivity contribution is 6.67. The van der Waals surface area contributed by atoms with Crippen molar-refractivity contribution in [2.24, 2.45) is 10.7 Å². The van der Waals surface area contributed by atoms with E-state index < -0.39 is 3.92 Å². The molecule has 0 aromatic rings. The lowest BCUT2D eigenvalue weighted by molar-refractivity contribution is 0.811. The average Bonchev–Trinajstić information content (AvgIpc) is 1.53. The summed E-state index contributed by atoms with van der Waals surface area (Å²) < 4.78 is -1.58. The van der Waals surface area contributed by atoms with E-state index in [1.807, 2.05) is 13.8 Å². The van der Waals surface area contributed by atoms with Crippen LogP contribution < -0.4 is 11.1 Å². The van der Waals surface area contributed by atoms with Crippen LogP contribution in [0.3, 0.4) is 0 Å². The lowest BCUT2D eigenvalue weighted by Gasteiger charge is -2.13. The van der Waals surface area contributed by atoms with Crippen LogP contribution in [0.25, 0.3) is 0 Å². The topological polar surface area (TPSA) is 50.4 Å². The molecule has 7 heteroatoms. The fourth-order valence-corrected chi connectivity index (χ4v) is 0.746. The molecule has 0 bridgehead atoms. The van der Waals surface area contributed by atoms with E-state index in [-0.39, 0.29) is 24.4 Å². The lowest BCUT2D eigenvalue weighted by atomic mass is 10.4. The van der Waals surface area contributed by atoms with Crippen LogP contribution in [0.1, 0.15) is 13.8 Å². The molecule has 0 unspecified atom stereocenters. The van der Waals surface area contributed by atoms with Gasteiger partial charge in [0.1, 0.15) is 0 Å². The van der Waals surface area contributed by atoms with Crippen molar-refractivity contribution in [3.05, 3.63) is 0 Å². The van der Waals surface area contributed by atoms with Gasteiger partial charge in [-0.15, -0.1) is 12.4 Å². The summed E-state index contributed by atoms with van der Waals surface area (Å²) >= 11 is 16.1. The van der Waals surface area contributed by atoms with Crippen molar-refractivity contribution >= 4 is 53.2 Å². The molecule has 0 saturated heterocycles. The summed E-state index contributed by atoms with van der Waals surface area (Å²) in [7, 11) is 0. The Morgan fingerprint density at radius 2 is 1.83 bits per heavy atom. The zero-order valence-electron chi connectivity index (χ0n) is 6.64. The van der Waals surface area contributed by atoms with Gasteiger partial charge in [0, 0.05) is 6.04 Å². The summed E-state index contributed by atoms with van der Waals surface area (Å²) in [5.74, 6) is 0.125. The molecule has 12 heavy (non-hydrogen) atoms. The normalized spacial score (nSPS) is 12.7. The van der Waals surface area contributed by atoms with E-state index in [9.17, 15) is 0 Å². The van der Waals surface area contributed by atoms with Crippen LogP contribution in [0, 0.1) is 0 Å². The van der Waals surface area contributed by atoms with E-state index in [0.29, 0.717) is 0 Å². The Morgan fingerprint density at radius 1 is 1.42 bits per heavy atom. The Hall–Kier alpha value is 0.430. The van der Waals surface area contributed by atoms with E-state index in [2.05, 4.69) is 10.3 Å². The molecule has 0 saturated carbocycles. The molecule has 0 aliphatic heterocycles. The third kappa shape index (κ3) is 10.4. The average molecular weight is 255 g/mol. The number of nitrogens with zero attached hydrogens (tertiary/aromatic N) is 1. The first kappa shape index (κ1) is 14.9. The first-order valence-electron chi connectivity index (χ1n) is 2.99. The highest BCUT2D eigenvalue weighted by atomic mass is 35.6. The number of nitrogens with one attached hydrogen (secondary N) is 1. The van der Waals surface area contributed by atoms with Gasteiger partial charge in [0.05, 0.1) is 0 Å². The Balaban J connectivity index is 0. The van der Waals surface area contributed by atoms with Gasteiger partial charge in [-0.25, -0.2) is 0 Å². The Morgan fingerprint density at radius 3 is 2.08 bits per heavy atom. The molecule has 0 aromatic carbocycles. The zero-order chi connectivity index (χ0) is 9.07. The van der Waals surface area contributed by atoms with Crippen LogP contribution in [0.15, 0.2) is 4.99 Å². The van der Waals surface area contributed by atoms with Crippen molar-refractivity contribution in [2.75, 3.05) is 0 Å². The van der Waals surface area contributed by atoms with Gasteiger partial charge >= 0.3 is 0 Å².